The molecule has 1 aromatic rings. The summed E-state index contributed by atoms with van der Waals surface area (Å²) >= 11 is 0. The second kappa shape index (κ2) is 3.47. The van der Waals surface area contributed by atoms with E-state index in [1.165, 1.54) is 0 Å². The molecule has 14 heavy (non-hydrogen) atoms. The number of hydrogen-bond donors (Lipinski definition) is 0. The molecule has 0 bridgehead atoms. The molecule has 0 saturated heterocycles. The van der Waals surface area contributed by atoms with Crippen LogP contribution in [0.25, 0.3) is 0 Å². The second-order valence-corrected chi connectivity index (χ2v) is 3.16. The summed E-state index contributed by atoms with van der Waals surface area (Å²) in [5.41, 5.74) is 1.98. The zero-order chi connectivity index (χ0) is 10.9. The van der Waals surface area contributed by atoms with Crippen molar-refractivity contribution in [2.75, 3.05) is 0 Å². The summed E-state index contributed by atoms with van der Waals surface area (Å²) in [6.45, 7) is 5.15. The van der Waals surface area contributed by atoms with Crippen molar-refractivity contribution in [1.29, 1.82) is 10.5 Å². The van der Waals surface area contributed by atoms with Crippen LogP contribution in [-0.2, 0) is 0 Å². The molecule has 1 aromatic carbocycles. The Bertz CT molecular complexity index is 435. The van der Waals surface area contributed by atoms with Gasteiger partial charge in [0.25, 0.3) is 0 Å². The van der Waals surface area contributed by atoms with Crippen LogP contribution in [0.4, 0.5) is 4.39 Å². The predicted octanol–water partition coefficient (Wildman–Crippen LogP) is 2.49. The summed E-state index contributed by atoms with van der Waals surface area (Å²) in [6, 6.07) is 3.56. The fourth-order valence-electron chi connectivity index (χ4n) is 1.38. The number of rotatable bonds is 0. The molecule has 0 aliphatic heterocycles. The van der Waals surface area contributed by atoms with Crippen molar-refractivity contribution < 1.29 is 4.39 Å². The van der Waals surface area contributed by atoms with Crippen molar-refractivity contribution in [2.45, 2.75) is 20.8 Å². The number of nitrogens with zero attached hydrogens (tertiary/aromatic N) is 2. The van der Waals surface area contributed by atoms with Gasteiger partial charge in [0.2, 0.25) is 0 Å². The largest absolute Gasteiger partial charge is 0.204 e. The van der Waals surface area contributed by atoms with Crippen molar-refractivity contribution in [3.05, 3.63) is 33.6 Å². The van der Waals surface area contributed by atoms with Crippen LogP contribution in [0.15, 0.2) is 0 Å². The van der Waals surface area contributed by atoms with E-state index in [-0.39, 0.29) is 11.1 Å². The van der Waals surface area contributed by atoms with E-state index in [0.717, 1.165) is 5.56 Å². The average Bonchev–Trinajstić information content (AvgIpc) is 2.16. The predicted molar refractivity (Wildman–Crippen MR) is 50.0 cm³/mol. The van der Waals surface area contributed by atoms with Crippen LogP contribution in [-0.4, -0.2) is 0 Å². The number of hydrogen-bond acceptors (Lipinski definition) is 2. The SMILES string of the molecule is Cc1c(C)c(C#N)c(F)c(C#N)c1C. The molecular weight excluding hydrogens is 179 g/mol. The molecule has 0 heterocycles. The van der Waals surface area contributed by atoms with Gasteiger partial charge in [-0.1, -0.05) is 0 Å². The lowest BCUT2D eigenvalue weighted by molar-refractivity contribution is 0.616. The Morgan fingerprint density at radius 1 is 0.857 bits per heavy atom. The molecule has 70 valence electrons. The lowest BCUT2D eigenvalue weighted by atomic mass is 9.94. The topological polar surface area (TPSA) is 47.6 Å². The first kappa shape index (κ1) is 10.2. The average molecular weight is 188 g/mol. The molecule has 0 amide bonds. The molecule has 0 N–H and O–H groups in total. The van der Waals surface area contributed by atoms with Crippen LogP contribution in [0, 0.1) is 49.3 Å². The molecule has 0 aliphatic rings. The van der Waals surface area contributed by atoms with Gasteiger partial charge in [0.05, 0.1) is 11.1 Å². The van der Waals surface area contributed by atoms with Crippen LogP contribution in [0.2, 0.25) is 0 Å². The third-order valence-electron chi connectivity index (χ3n) is 2.54. The maximum absolute atomic E-state index is 13.5. The minimum absolute atomic E-state index is 0.0235. The molecule has 0 fully saturated rings. The van der Waals surface area contributed by atoms with Crippen LogP contribution in [0.1, 0.15) is 27.8 Å². The molecule has 0 spiro atoms. The summed E-state index contributed by atoms with van der Waals surface area (Å²) in [4.78, 5) is 0. The number of benzene rings is 1. The van der Waals surface area contributed by atoms with Gasteiger partial charge < -0.3 is 0 Å². The van der Waals surface area contributed by atoms with Gasteiger partial charge in [-0.05, 0) is 37.5 Å². The van der Waals surface area contributed by atoms with E-state index >= 15 is 0 Å². The molecule has 0 atom stereocenters. The minimum atomic E-state index is -0.699. The van der Waals surface area contributed by atoms with Gasteiger partial charge in [-0.15, -0.1) is 0 Å². The van der Waals surface area contributed by atoms with E-state index in [4.69, 9.17) is 10.5 Å². The Morgan fingerprint density at radius 3 is 1.50 bits per heavy atom. The molecule has 2 nitrogen and oxygen atoms in total. The highest BCUT2D eigenvalue weighted by Gasteiger charge is 2.16. The highest BCUT2D eigenvalue weighted by Crippen LogP contribution is 2.24. The summed E-state index contributed by atoms with van der Waals surface area (Å²) < 4.78 is 13.5. The van der Waals surface area contributed by atoms with E-state index in [0.29, 0.717) is 11.1 Å². The van der Waals surface area contributed by atoms with Gasteiger partial charge in [-0.25, -0.2) is 4.39 Å². The monoisotopic (exact) mass is 188 g/mol. The van der Waals surface area contributed by atoms with Crippen LogP contribution < -0.4 is 0 Å². The fourth-order valence-corrected chi connectivity index (χ4v) is 1.38. The Hall–Kier alpha value is -1.87. The Balaban J connectivity index is 3.78. The van der Waals surface area contributed by atoms with Crippen LogP contribution in [0.5, 0.6) is 0 Å². The van der Waals surface area contributed by atoms with Crippen molar-refractivity contribution in [3.63, 3.8) is 0 Å². The summed E-state index contributed by atoms with van der Waals surface area (Å²) in [6.07, 6.45) is 0. The Kier molecular flexibility index (Phi) is 2.53. The summed E-state index contributed by atoms with van der Waals surface area (Å²) in [5, 5.41) is 17.5. The van der Waals surface area contributed by atoms with Crippen LogP contribution in [0.3, 0.4) is 0 Å². The molecule has 0 aliphatic carbocycles. The van der Waals surface area contributed by atoms with E-state index in [9.17, 15) is 4.39 Å². The Labute approximate surface area is 82.2 Å². The molecular formula is C11H9FN2. The molecule has 0 radical (unpaired) electrons. The van der Waals surface area contributed by atoms with Crippen molar-refractivity contribution in [1.82, 2.24) is 0 Å². The van der Waals surface area contributed by atoms with Gasteiger partial charge in [0.1, 0.15) is 12.1 Å². The van der Waals surface area contributed by atoms with Crippen LogP contribution >= 0.6 is 0 Å². The highest BCUT2D eigenvalue weighted by atomic mass is 19.1. The van der Waals surface area contributed by atoms with E-state index in [2.05, 4.69) is 0 Å². The summed E-state index contributed by atoms with van der Waals surface area (Å²) in [7, 11) is 0. The smallest absolute Gasteiger partial charge is 0.159 e. The molecule has 0 aromatic heterocycles. The molecule has 1 rings (SSSR count). The van der Waals surface area contributed by atoms with Gasteiger partial charge >= 0.3 is 0 Å². The Morgan fingerprint density at radius 2 is 1.21 bits per heavy atom. The molecule has 3 heteroatoms. The van der Waals surface area contributed by atoms with Gasteiger partial charge in [-0.2, -0.15) is 10.5 Å². The van der Waals surface area contributed by atoms with Crippen molar-refractivity contribution >= 4 is 0 Å². The first-order valence-electron chi connectivity index (χ1n) is 4.14. The lowest BCUT2D eigenvalue weighted by Crippen LogP contribution is -2.01. The normalized spacial score (nSPS) is 9.29. The number of nitriles is 2. The van der Waals surface area contributed by atoms with E-state index in [1.807, 2.05) is 0 Å². The first-order valence-corrected chi connectivity index (χ1v) is 4.14. The molecule has 0 saturated carbocycles. The summed E-state index contributed by atoms with van der Waals surface area (Å²) in [5.74, 6) is -0.699. The fraction of sp³-hybridized carbons (Fsp3) is 0.273. The maximum Gasteiger partial charge on any atom is 0.159 e. The van der Waals surface area contributed by atoms with Gasteiger partial charge in [0.15, 0.2) is 5.82 Å². The van der Waals surface area contributed by atoms with E-state index < -0.39 is 5.82 Å². The highest BCUT2D eigenvalue weighted by molar-refractivity contribution is 5.54. The van der Waals surface area contributed by atoms with E-state index in [1.54, 1.807) is 32.9 Å². The third-order valence-corrected chi connectivity index (χ3v) is 2.54. The quantitative estimate of drug-likeness (QED) is 0.628. The van der Waals surface area contributed by atoms with Crippen molar-refractivity contribution in [2.24, 2.45) is 0 Å². The standard InChI is InChI=1S/C11H9FN2/c1-6-7(2)9(4-13)11(12)10(5-14)8(6)3/h1-3H3. The zero-order valence-corrected chi connectivity index (χ0v) is 8.27. The zero-order valence-electron chi connectivity index (χ0n) is 8.27. The van der Waals surface area contributed by atoms with Gasteiger partial charge in [0, 0.05) is 0 Å². The maximum atomic E-state index is 13.5. The van der Waals surface area contributed by atoms with Gasteiger partial charge in [-0.3, -0.25) is 0 Å². The lowest BCUT2D eigenvalue weighted by Gasteiger charge is -2.09. The minimum Gasteiger partial charge on any atom is -0.204 e. The third kappa shape index (κ3) is 1.24. The van der Waals surface area contributed by atoms with Crippen molar-refractivity contribution in [3.8, 4) is 12.1 Å². The molecule has 0 unspecified atom stereocenters. The second-order valence-electron chi connectivity index (χ2n) is 3.16. The number of halogens is 1. The first-order chi connectivity index (χ1) is 6.54.